The smallest absolute Gasteiger partial charge is 0.419 e. The number of rotatable bonds is 12. The quantitative estimate of drug-likeness (QED) is 0.366. The number of aryl methyl sites for hydroxylation is 3. The van der Waals surface area contributed by atoms with Crippen molar-refractivity contribution in [3.05, 3.63) is 40.8 Å². The van der Waals surface area contributed by atoms with Crippen LogP contribution < -0.4 is 10.6 Å². The van der Waals surface area contributed by atoms with E-state index in [1.165, 1.54) is 12.6 Å². The zero-order valence-corrected chi connectivity index (χ0v) is 20.7. The number of amides is 1. The van der Waals surface area contributed by atoms with E-state index in [1.807, 2.05) is 6.07 Å². The third kappa shape index (κ3) is 6.41. The molecule has 12 heteroatoms. The summed E-state index contributed by atoms with van der Waals surface area (Å²) in [6, 6.07) is 2.89. The molecular weight excluding hydrogens is 491 g/mol. The number of pyridine rings is 1. The van der Waals surface area contributed by atoms with Gasteiger partial charge in [-0.2, -0.15) is 18.3 Å². The van der Waals surface area contributed by atoms with Crippen molar-refractivity contribution in [3.63, 3.8) is 0 Å². The van der Waals surface area contributed by atoms with Gasteiger partial charge in [0.15, 0.2) is 0 Å². The van der Waals surface area contributed by atoms with E-state index in [-0.39, 0.29) is 31.6 Å². The molecule has 0 unspecified atom stereocenters. The number of aliphatic carboxylic acids is 1. The van der Waals surface area contributed by atoms with E-state index in [0.717, 1.165) is 61.0 Å². The molecule has 0 spiro atoms. The lowest BCUT2D eigenvalue weighted by molar-refractivity contribution is -0.143. The van der Waals surface area contributed by atoms with Gasteiger partial charge in [-0.3, -0.25) is 9.48 Å². The van der Waals surface area contributed by atoms with Gasteiger partial charge >= 0.3 is 12.1 Å². The first-order valence-corrected chi connectivity index (χ1v) is 12.6. The molecule has 1 aliphatic heterocycles. The summed E-state index contributed by atoms with van der Waals surface area (Å²) in [5.41, 5.74) is -0.533. The maximum atomic E-state index is 13.4. The highest BCUT2D eigenvalue weighted by molar-refractivity contribution is 5.93. The number of fused-ring (bicyclic) bond motifs is 1. The number of nitrogens with one attached hydrogen (secondary N) is 2. The Balaban J connectivity index is 1.21. The van der Waals surface area contributed by atoms with Crippen LogP contribution in [0.4, 0.5) is 19.0 Å². The van der Waals surface area contributed by atoms with Crippen LogP contribution in [0.2, 0.25) is 0 Å². The first kappa shape index (κ1) is 26.9. The van der Waals surface area contributed by atoms with Gasteiger partial charge in [-0.05, 0) is 56.6 Å². The number of ether oxygens (including phenoxy) is 1. The zero-order valence-electron chi connectivity index (χ0n) is 20.7. The molecule has 0 saturated heterocycles. The number of anilines is 1. The summed E-state index contributed by atoms with van der Waals surface area (Å²) in [7, 11) is 1.35. The number of aromatic nitrogens is 3. The Kier molecular flexibility index (Phi) is 8.05. The summed E-state index contributed by atoms with van der Waals surface area (Å²) < 4.78 is 46.9. The molecule has 3 N–H and O–H groups in total. The normalized spacial score (nSPS) is 17.0. The Morgan fingerprint density at radius 2 is 2.05 bits per heavy atom. The van der Waals surface area contributed by atoms with E-state index >= 15 is 0 Å². The topological polar surface area (TPSA) is 118 Å². The molecule has 0 aromatic carbocycles. The van der Waals surface area contributed by atoms with Crippen LogP contribution >= 0.6 is 0 Å². The molecule has 1 fully saturated rings. The second kappa shape index (κ2) is 11.1. The largest absolute Gasteiger partial charge is 0.480 e. The molecule has 4 rings (SSSR count). The number of unbranched alkanes of at least 4 members (excludes halogenated alkanes) is 1. The van der Waals surface area contributed by atoms with Crippen molar-refractivity contribution in [3.8, 4) is 0 Å². The Bertz CT molecular complexity index is 1130. The highest BCUT2D eigenvalue weighted by atomic mass is 19.4. The molecule has 2 aromatic rings. The van der Waals surface area contributed by atoms with Crippen molar-refractivity contribution in [2.24, 2.45) is 7.05 Å². The van der Waals surface area contributed by atoms with Crippen LogP contribution in [0.5, 0.6) is 0 Å². The highest BCUT2D eigenvalue weighted by Gasteiger charge is 2.57. The van der Waals surface area contributed by atoms with Crippen molar-refractivity contribution >= 4 is 17.7 Å². The van der Waals surface area contributed by atoms with Gasteiger partial charge in [0.05, 0.1) is 16.7 Å². The minimum Gasteiger partial charge on any atom is -0.480 e. The molecule has 1 amide bonds. The predicted octanol–water partition coefficient (Wildman–Crippen LogP) is 3.22. The molecule has 2 aliphatic rings. The monoisotopic (exact) mass is 523 g/mol. The van der Waals surface area contributed by atoms with Gasteiger partial charge in [0.25, 0.3) is 0 Å². The van der Waals surface area contributed by atoms with E-state index in [2.05, 4.69) is 26.8 Å². The number of alkyl halides is 3. The lowest BCUT2D eigenvalue weighted by atomic mass is 9.96. The fourth-order valence-electron chi connectivity index (χ4n) is 4.62. The molecule has 2 aromatic heterocycles. The fraction of sp³-hybridized carbons (Fsp3) is 0.600. The van der Waals surface area contributed by atoms with E-state index in [4.69, 9.17) is 4.74 Å². The number of halogens is 3. The van der Waals surface area contributed by atoms with Crippen molar-refractivity contribution in [1.29, 1.82) is 0 Å². The van der Waals surface area contributed by atoms with Crippen molar-refractivity contribution in [2.45, 2.75) is 69.0 Å². The van der Waals surface area contributed by atoms with E-state index in [1.54, 1.807) is 0 Å². The summed E-state index contributed by atoms with van der Waals surface area (Å²) >= 11 is 0. The number of nitrogens with zero attached hydrogens (tertiary/aromatic N) is 3. The van der Waals surface area contributed by atoms with E-state index < -0.39 is 35.1 Å². The van der Waals surface area contributed by atoms with Crippen LogP contribution in [0.1, 0.15) is 61.0 Å². The molecule has 3 heterocycles. The Hall–Kier alpha value is -3.15. The van der Waals surface area contributed by atoms with Crippen molar-refractivity contribution in [2.75, 3.05) is 25.1 Å². The van der Waals surface area contributed by atoms with Gasteiger partial charge in [0, 0.05) is 45.1 Å². The Morgan fingerprint density at radius 1 is 1.27 bits per heavy atom. The number of carbonyl (C=O) groups excluding carboxylic acids is 1. The van der Waals surface area contributed by atoms with Gasteiger partial charge in [-0.25, -0.2) is 9.78 Å². The molecule has 0 bridgehead atoms. The number of carboxylic acid groups (broad SMARTS) is 1. The highest BCUT2D eigenvalue weighted by Crippen LogP contribution is 2.51. The summed E-state index contributed by atoms with van der Waals surface area (Å²) in [5.74, 6) is -1.06. The van der Waals surface area contributed by atoms with Crippen molar-refractivity contribution < 1.29 is 32.6 Å². The lowest BCUT2D eigenvalue weighted by Crippen LogP contribution is -2.46. The van der Waals surface area contributed by atoms with Gasteiger partial charge < -0.3 is 20.5 Å². The number of hydrogen-bond acceptors (Lipinski definition) is 6. The maximum absolute atomic E-state index is 13.4. The van der Waals surface area contributed by atoms with Gasteiger partial charge in [0.1, 0.15) is 11.9 Å². The van der Waals surface area contributed by atoms with Gasteiger partial charge in [-0.1, -0.05) is 6.07 Å². The number of carbonyl (C=O) groups is 2. The third-order valence-electron chi connectivity index (χ3n) is 6.85. The molecule has 1 atom stereocenters. The minimum atomic E-state index is -4.66. The molecule has 202 valence electrons. The van der Waals surface area contributed by atoms with Crippen LogP contribution in [-0.4, -0.2) is 57.5 Å². The third-order valence-corrected chi connectivity index (χ3v) is 6.85. The SMILES string of the molecule is Cn1cc(C(F)(F)F)c(C2(C(=O)N[C@@H](CCOCCCCc3ccc4c(n3)NCCC4)C(=O)O)CC2)n1. The van der Waals surface area contributed by atoms with Crippen LogP contribution in [0.3, 0.4) is 0 Å². The van der Waals surface area contributed by atoms with Gasteiger partial charge in [0.2, 0.25) is 5.91 Å². The molecule has 0 radical (unpaired) electrons. The molecular formula is C25H32F3N5O4. The van der Waals surface area contributed by atoms with Gasteiger partial charge in [-0.15, -0.1) is 0 Å². The lowest BCUT2D eigenvalue weighted by Gasteiger charge is -2.20. The minimum absolute atomic E-state index is 0.00352. The zero-order chi connectivity index (χ0) is 26.6. The average Bonchev–Trinajstić information content (AvgIpc) is 3.56. The van der Waals surface area contributed by atoms with Crippen LogP contribution in [0.15, 0.2) is 18.3 Å². The molecule has 37 heavy (non-hydrogen) atoms. The van der Waals surface area contributed by atoms with E-state index in [9.17, 15) is 27.9 Å². The van der Waals surface area contributed by atoms with Crippen LogP contribution in [0.25, 0.3) is 0 Å². The molecule has 9 nitrogen and oxygen atoms in total. The Morgan fingerprint density at radius 3 is 2.76 bits per heavy atom. The summed E-state index contributed by atoms with van der Waals surface area (Å²) in [5, 5.41) is 19.1. The van der Waals surface area contributed by atoms with Crippen LogP contribution in [-0.2, 0) is 45.8 Å². The fourth-order valence-corrected chi connectivity index (χ4v) is 4.62. The van der Waals surface area contributed by atoms with Crippen molar-refractivity contribution in [1.82, 2.24) is 20.1 Å². The Labute approximate surface area is 212 Å². The molecule has 1 saturated carbocycles. The molecule has 1 aliphatic carbocycles. The number of carboxylic acids is 1. The average molecular weight is 524 g/mol. The standard InChI is InChI=1S/C25H32F3N5O4/c1-33-15-18(25(26,27)28)20(32-33)24(10-11-24)23(36)31-19(22(34)35)9-14-37-13-3-2-6-17-8-7-16-5-4-12-29-21(16)30-17/h7-8,15,19H,2-6,9-14H2,1H3,(H,29,30)(H,31,36)(H,34,35)/t19-/m0/s1. The summed E-state index contributed by atoms with van der Waals surface area (Å²) in [6.45, 7) is 1.47. The second-order valence-electron chi connectivity index (χ2n) is 9.71. The summed E-state index contributed by atoms with van der Waals surface area (Å²) in [6.07, 6.45) is 1.12. The van der Waals surface area contributed by atoms with E-state index in [0.29, 0.717) is 6.61 Å². The first-order chi connectivity index (χ1) is 17.6. The summed E-state index contributed by atoms with van der Waals surface area (Å²) in [4.78, 5) is 29.2. The first-order valence-electron chi connectivity index (χ1n) is 12.6. The second-order valence-corrected chi connectivity index (χ2v) is 9.71. The predicted molar refractivity (Wildman–Crippen MR) is 128 cm³/mol. The maximum Gasteiger partial charge on any atom is 0.419 e. The number of hydrogen-bond donors (Lipinski definition) is 3. The van der Waals surface area contributed by atoms with Crippen LogP contribution in [0, 0.1) is 0 Å².